The monoisotopic (exact) mass is 203 g/mol. The summed E-state index contributed by atoms with van der Waals surface area (Å²) in [6.45, 7) is 1.87. The Bertz CT molecular complexity index is 349. The zero-order valence-electron chi connectivity index (χ0n) is 8.91. The summed E-state index contributed by atoms with van der Waals surface area (Å²) in [6.07, 6.45) is 3.43. The van der Waals surface area contributed by atoms with Crippen LogP contribution >= 0.6 is 0 Å². The molecule has 15 heavy (non-hydrogen) atoms. The quantitative estimate of drug-likeness (QED) is 0.813. The van der Waals surface area contributed by atoms with E-state index in [2.05, 4.69) is 24.3 Å². The fourth-order valence-electron chi connectivity index (χ4n) is 2.13. The molecule has 1 aliphatic heterocycles. The van der Waals surface area contributed by atoms with E-state index in [9.17, 15) is 0 Å². The molecule has 0 atom stereocenters. The maximum atomic E-state index is 6.14. The van der Waals surface area contributed by atoms with E-state index < -0.39 is 0 Å². The van der Waals surface area contributed by atoms with E-state index in [0.29, 0.717) is 0 Å². The van der Waals surface area contributed by atoms with Gasteiger partial charge < -0.3 is 10.5 Å². The van der Waals surface area contributed by atoms with Crippen LogP contribution in [-0.2, 0) is 16.7 Å². The van der Waals surface area contributed by atoms with Gasteiger partial charge in [-0.05, 0) is 30.4 Å². The predicted octanol–water partition coefficient (Wildman–Crippen LogP) is 1.82. The molecule has 0 unspecified atom stereocenters. The van der Waals surface area contributed by atoms with Crippen LogP contribution in [0.15, 0.2) is 24.3 Å². The maximum absolute atomic E-state index is 6.14. The minimum atomic E-state index is 0.0120. The molecule has 1 aromatic rings. The molecule has 1 heterocycles. The number of hydrogen-bond acceptors (Lipinski definition) is 2. The van der Waals surface area contributed by atoms with Crippen LogP contribution in [0.2, 0.25) is 0 Å². The number of benzene rings is 1. The van der Waals surface area contributed by atoms with Crippen molar-refractivity contribution in [3.05, 3.63) is 35.4 Å². The first-order chi connectivity index (χ1) is 7.26. The van der Waals surface area contributed by atoms with Crippen LogP contribution in [0, 0.1) is 5.92 Å². The van der Waals surface area contributed by atoms with Gasteiger partial charge in [-0.15, -0.1) is 0 Å². The molecule has 0 radical (unpaired) electrons. The van der Waals surface area contributed by atoms with Crippen molar-refractivity contribution in [3.8, 4) is 0 Å². The zero-order chi connectivity index (χ0) is 10.3. The van der Waals surface area contributed by atoms with Crippen molar-refractivity contribution in [1.82, 2.24) is 0 Å². The second-order valence-electron chi connectivity index (χ2n) is 4.96. The Morgan fingerprint density at radius 2 is 1.87 bits per heavy atom. The molecular weight excluding hydrogens is 186 g/mol. The van der Waals surface area contributed by atoms with Crippen molar-refractivity contribution in [2.24, 2.45) is 11.7 Å². The largest absolute Gasteiger partial charge is 0.381 e. The normalized spacial score (nSPS) is 23.5. The molecule has 2 aliphatic rings. The first-order valence-corrected chi connectivity index (χ1v) is 5.72. The van der Waals surface area contributed by atoms with E-state index in [4.69, 9.17) is 10.5 Å². The van der Waals surface area contributed by atoms with E-state index in [1.54, 1.807) is 0 Å². The zero-order valence-corrected chi connectivity index (χ0v) is 8.91. The van der Waals surface area contributed by atoms with Gasteiger partial charge in [0, 0.05) is 11.5 Å². The topological polar surface area (TPSA) is 35.2 Å². The van der Waals surface area contributed by atoms with Gasteiger partial charge in [0.15, 0.2) is 0 Å². The van der Waals surface area contributed by atoms with E-state index in [0.717, 1.165) is 38.4 Å². The van der Waals surface area contributed by atoms with Crippen molar-refractivity contribution >= 4 is 0 Å². The molecule has 3 rings (SSSR count). The minimum Gasteiger partial charge on any atom is -0.381 e. The highest BCUT2D eigenvalue weighted by molar-refractivity contribution is 5.32. The summed E-state index contributed by atoms with van der Waals surface area (Å²) in [5, 5.41) is 0. The van der Waals surface area contributed by atoms with Crippen LogP contribution in [0.25, 0.3) is 0 Å². The molecule has 2 N–H and O–H groups in total. The van der Waals surface area contributed by atoms with Crippen LogP contribution < -0.4 is 5.73 Å². The van der Waals surface area contributed by atoms with E-state index in [1.807, 2.05) is 0 Å². The third-order valence-electron chi connectivity index (χ3n) is 3.55. The van der Waals surface area contributed by atoms with Crippen LogP contribution in [0.3, 0.4) is 0 Å². The molecule has 2 heteroatoms. The van der Waals surface area contributed by atoms with Gasteiger partial charge in [0.1, 0.15) is 0 Å². The summed E-state index contributed by atoms with van der Waals surface area (Å²) in [6, 6.07) is 8.84. The predicted molar refractivity (Wildman–Crippen MR) is 59.6 cm³/mol. The van der Waals surface area contributed by atoms with E-state index >= 15 is 0 Å². The molecule has 80 valence electrons. The summed E-state index contributed by atoms with van der Waals surface area (Å²) in [4.78, 5) is 0. The lowest BCUT2D eigenvalue weighted by molar-refractivity contribution is -0.0312. The smallest absolute Gasteiger partial charge is 0.0519 e. The van der Waals surface area contributed by atoms with Crippen LogP contribution in [0.4, 0.5) is 0 Å². The summed E-state index contributed by atoms with van der Waals surface area (Å²) in [7, 11) is 0. The Hall–Kier alpha value is -0.860. The average molecular weight is 203 g/mol. The Morgan fingerprint density at radius 1 is 1.20 bits per heavy atom. The fourth-order valence-corrected chi connectivity index (χ4v) is 2.13. The number of hydrogen-bond donors (Lipinski definition) is 1. The van der Waals surface area contributed by atoms with Gasteiger partial charge >= 0.3 is 0 Å². The highest BCUT2D eigenvalue weighted by atomic mass is 16.5. The Balaban J connectivity index is 1.70. The summed E-state index contributed by atoms with van der Waals surface area (Å²) >= 11 is 0. The maximum Gasteiger partial charge on any atom is 0.0519 e. The molecular formula is C13H17NO. The van der Waals surface area contributed by atoms with E-state index in [-0.39, 0.29) is 5.54 Å². The van der Waals surface area contributed by atoms with Gasteiger partial charge in [-0.3, -0.25) is 0 Å². The van der Waals surface area contributed by atoms with Crippen molar-refractivity contribution in [1.29, 1.82) is 0 Å². The molecule has 0 aromatic heterocycles. The molecule has 2 fully saturated rings. The van der Waals surface area contributed by atoms with Crippen molar-refractivity contribution in [3.63, 3.8) is 0 Å². The van der Waals surface area contributed by atoms with Gasteiger partial charge in [-0.2, -0.15) is 0 Å². The van der Waals surface area contributed by atoms with Gasteiger partial charge in [0.25, 0.3) is 0 Å². The first kappa shape index (κ1) is 9.37. The van der Waals surface area contributed by atoms with Crippen LogP contribution in [0.5, 0.6) is 0 Å². The molecule has 0 amide bonds. The van der Waals surface area contributed by atoms with Crippen molar-refractivity contribution in [2.75, 3.05) is 13.2 Å². The third-order valence-corrected chi connectivity index (χ3v) is 3.55. The van der Waals surface area contributed by atoms with Crippen LogP contribution in [0.1, 0.15) is 24.0 Å². The first-order valence-electron chi connectivity index (χ1n) is 5.72. The van der Waals surface area contributed by atoms with E-state index in [1.165, 1.54) is 11.1 Å². The molecule has 2 nitrogen and oxygen atoms in total. The second kappa shape index (κ2) is 3.32. The highest BCUT2D eigenvalue weighted by Gasteiger charge is 2.39. The van der Waals surface area contributed by atoms with Crippen LogP contribution in [-0.4, -0.2) is 13.2 Å². The third kappa shape index (κ3) is 1.80. The molecule has 0 bridgehead atoms. The van der Waals surface area contributed by atoms with Gasteiger partial charge in [-0.1, -0.05) is 24.3 Å². The molecule has 1 aromatic carbocycles. The minimum absolute atomic E-state index is 0.0120. The number of rotatable bonds is 3. The lowest BCUT2D eigenvalue weighted by Crippen LogP contribution is -2.29. The van der Waals surface area contributed by atoms with Gasteiger partial charge in [0.2, 0.25) is 0 Å². The lowest BCUT2D eigenvalue weighted by Gasteiger charge is -2.26. The SMILES string of the molecule is NC1(c2ccc(CC3COC3)cc2)CC1. The number of nitrogens with two attached hydrogens (primary N) is 1. The average Bonchev–Trinajstić information content (AvgIpc) is 2.93. The Kier molecular flexibility index (Phi) is 2.08. The second-order valence-corrected chi connectivity index (χ2v) is 4.96. The Morgan fingerprint density at radius 3 is 2.33 bits per heavy atom. The van der Waals surface area contributed by atoms with Gasteiger partial charge in [0.05, 0.1) is 13.2 Å². The molecule has 1 saturated carbocycles. The number of ether oxygens (including phenoxy) is 1. The summed E-state index contributed by atoms with van der Waals surface area (Å²) in [5.74, 6) is 0.739. The lowest BCUT2D eigenvalue weighted by atomic mass is 9.96. The summed E-state index contributed by atoms with van der Waals surface area (Å²) in [5.41, 5.74) is 8.86. The van der Waals surface area contributed by atoms with Crippen molar-refractivity contribution in [2.45, 2.75) is 24.8 Å². The van der Waals surface area contributed by atoms with Crippen molar-refractivity contribution < 1.29 is 4.74 Å². The standard InChI is InChI=1S/C13H17NO/c14-13(5-6-13)12-3-1-10(2-4-12)7-11-8-15-9-11/h1-4,11H,5-9,14H2. The highest BCUT2D eigenvalue weighted by Crippen LogP contribution is 2.42. The molecule has 1 aliphatic carbocycles. The molecule has 0 spiro atoms. The molecule has 1 saturated heterocycles. The summed E-state index contributed by atoms with van der Waals surface area (Å²) < 4.78 is 5.18. The Labute approximate surface area is 90.4 Å². The fraction of sp³-hybridized carbons (Fsp3) is 0.538. The van der Waals surface area contributed by atoms with Gasteiger partial charge in [-0.25, -0.2) is 0 Å².